The van der Waals surface area contributed by atoms with E-state index < -0.39 is 38.6 Å². The van der Waals surface area contributed by atoms with Gasteiger partial charge in [-0.2, -0.15) is 9.78 Å². The first-order valence-corrected chi connectivity index (χ1v) is 18.6. The summed E-state index contributed by atoms with van der Waals surface area (Å²) in [5.41, 5.74) is 0.952. The lowest BCUT2D eigenvalue weighted by Gasteiger charge is -2.24. The van der Waals surface area contributed by atoms with Crippen LogP contribution < -0.4 is 14.4 Å². The first-order valence-electron chi connectivity index (χ1n) is 16.7. The van der Waals surface area contributed by atoms with Crippen molar-refractivity contribution in [3.63, 3.8) is 0 Å². The average Bonchev–Trinajstić information content (AvgIpc) is 3.61. The Morgan fingerprint density at radius 2 is 1.63 bits per heavy atom. The average molecular weight is 718 g/mol. The molecule has 0 saturated heterocycles. The highest BCUT2D eigenvalue weighted by molar-refractivity contribution is 7.90. The Hall–Kier alpha value is -4.91. The third-order valence-electron chi connectivity index (χ3n) is 8.92. The van der Waals surface area contributed by atoms with Gasteiger partial charge in [-0.3, -0.25) is 4.79 Å². The molecule has 13 heteroatoms. The van der Waals surface area contributed by atoms with E-state index >= 15 is 0 Å². The molecule has 4 aromatic rings. The molecule has 0 radical (unpaired) electrons. The summed E-state index contributed by atoms with van der Waals surface area (Å²) in [4.78, 5) is 42.5. The molecule has 2 aliphatic rings. The van der Waals surface area contributed by atoms with Crippen LogP contribution in [-0.2, 0) is 35.9 Å². The van der Waals surface area contributed by atoms with Gasteiger partial charge in [-0.05, 0) is 102 Å². The quantitative estimate of drug-likeness (QED) is 0.198. The molecule has 270 valence electrons. The predicted molar refractivity (Wildman–Crippen MR) is 191 cm³/mol. The normalized spacial score (nSPS) is 18.6. The summed E-state index contributed by atoms with van der Waals surface area (Å²) < 4.78 is 48.5. The lowest BCUT2D eigenvalue weighted by Crippen LogP contribution is -2.41. The smallest absolute Gasteiger partial charge is 0.435 e. The molecule has 12 nitrogen and oxygen atoms in total. The number of carbonyl (C=O) groups excluding carboxylic acids is 3. The molecule has 2 amide bonds. The fourth-order valence-corrected chi connectivity index (χ4v) is 7.31. The fourth-order valence-electron chi connectivity index (χ4n) is 6.68. The number of imide groups is 1. The summed E-state index contributed by atoms with van der Waals surface area (Å²) in [6.07, 6.45) is 0.366. The van der Waals surface area contributed by atoms with Crippen LogP contribution in [0.3, 0.4) is 0 Å². The van der Waals surface area contributed by atoms with Crippen LogP contribution in [0.2, 0.25) is 0 Å². The van der Waals surface area contributed by atoms with Crippen LogP contribution in [0.5, 0.6) is 11.5 Å². The van der Waals surface area contributed by atoms with Gasteiger partial charge in [0.15, 0.2) is 9.84 Å². The van der Waals surface area contributed by atoms with E-state index in [0.29, 0.717) is 57.9 Å². The number of nitrogens with zero attached hydrogens (tertiary/aromatic N) is 3. The number of aromatic nitrogens is 2. The van der Waals surface area contributed by atoms with Crippen molar-refractivity contribution in [1.82, 2.24) is 9.78 Å². The van der Waals surface area contributed by atoms with Crippen LogP contribution in [0.15, 0.2) is 59.5 Å². The van der Waals surface area contributed by atoms with Crippen molar-refractivity contribution in [1.29, 1.82) is 0 Å². The van der Waals surface area contributed by atoms with Gasteiger partial charge >= 0.3 is 12.2 Å². The van der Waals surface area contributed by atoms with Gasteiger partial charge in [0.25, 0.3) is 0 Å². The van der Waals surface area contributed by atoms with Crippen LogP contribution in [0, 0.1) is 0 Å². The Morgan fingerprint density at radius 3 is 2.25 bits per heavy atom. The second-order valence-corrected chi connectivity index (χ2v) is 17.0. The Kier molecular flexibility index (Phi) is 8.73. The number of benzene rings is 3. The summed E-state index contributed by atoms with van der Waals surface area (Å²) in [5, 5.41) is 5.38. The largest absolute Gasteiger partial charge is 0.497 e. The summed E-state index contributed by atoms with van der Waals surface area (Å²) in [5.74, 6) is 0.246. The number of methoxy groups -OCH3 is 1. The van der Waals surface area contributed by atoms with Crippen LogP contribution in [0.4, 0.5) is 15.3 Å². The molecule has 1 saturated carbocycles. The monoisotopic (exact) mass is 717 g/mol. The van der Waals surface area contributed by atoms with Gasteiger partial charge in [0.05, 0.1) is 40.9 Å². The van der Waals surface area contributed by atoms with Gasteiger partial charge in [-0.1, -0.05) is 18.2 Å². The molecule has 1 aromatic heterocycles. The summed E-state index contributed by atoms with van der Waals surface area (Å²) >= 11 is 0. The van der Waals surface area contributed by atoms with E-state index in [-0.39, 0.29) is 23.1 Å². The Balaban J connectivity index is 1.44. The van der Waals surface area contributed by atoms with Crippen molar-refractivity contribution < 1.29 is 41.7 Å². The lowest BCUT2D eigenvalue weighted by molar-refractivity contribution is -0.120. The van der Waals surface area contributed by atoms with Gasteiger partial charge < -0.3 is 18.9 Å². The van der Waals surface area contributed by atoms with Crippen molar-refractivity contribution in [3.8, 4) is 11.5 Å². The molecule has 51 heavy (non-hydrogen) atoms. The number of hydrogen-bond donors (Lipinski definition) is 0. The number of carbonyl (C=O) groups is 3. The fraction of sp³-hybridized carbons (Fsp3) is 0.421. The van der Waals surface area contributed by atoms with Crippen LogP contribution >= 0.6 is 0 Å². The van der Waals surface area contributed by atoms with Gasteiger partial charge in [-0.15, -0.1) is 0 Å². The van der Waals surface area contributed by atoms with Crippen LogP contribution in [-0.4, -0.2) is 67.5 Å². The number of anilines is 1. The molecule has 2 heterocycles. The third kappa shape index (κ3) is 6.66. The topological polar surface area (TPSA) is 143 Å². The molecule has 0 N–H and O–H groups in total. The predicted octanol–water partition coefficient (Wildman–Crippen LogP) is 6.93. The Labute approximate surface area is 297 Å². The van der Waals surface area contributed by atoms with Crippen molar-refractivity contribution in [3.05, 3.63) is 77.0 Å². The zero-order valence-electron chi connectivity index (χ0n) is 30.3. The van der Waals surface area contributed by atoms with Gasteiger partial charge in [0.2, 0.25) is 5.91 Å². The minimum atomic E-state index is -3.47. The molecule has 1 spiro atoms. The van der Waals surface area contributed by atoms with Gasteiger partial charge in [-0.25, -0.2) is 22.9 Å². The van der Waals surface area contributed by atoms with E-state index in [4.69, 9.17) is 24.0 Å². The number of fused-ring (bicyclic) bond motifs is 3. The van der Waals surface area contributed by atoms with Crippen molar-refractivity contribution >= 4 is 44.5 Å². The van der Waals surface area contributed by atoms with E-state index in [1.54, 1.807) is 72.9 Å². The standard InChI is InChI=1S/C38H43N3O9S/c1-10-48-32-20-25(51(9,45)46)14-11-23(32)17-29-26-15-12-22(18-31(26)41(39-29)35(44)50-37(5,6)7)28-21-38(28)27-19-24(47-8)13-16-30(27)40(33(38)42)34(43)49-36(2,3)4/h11-16,18-20,28H,10,17,21H2,1-9H3/t28-,38-/m0/s1. The van der Waals surface area contributed by atoms with Crippen LogP contribution in [0.25, 0.3) is 10.9 Å². The second kappa shape index (κ2) is 12.4. The molecular formula is C38H43N3O9S. The Bertz CT molecular complexity index is 2190. The third-order valence-corrected chi connectivity index (χ3v) is 10.0. The molecule has 1 aliphatic carbocycles. The first kappa shape index (κ1) is 35.9. The maximum Gasteiger partial charge on any atom is 0.435 e. The second-order valence-electron chi connectivity index (χ2n) is 15.0. The minimum absolute atomic E-state index is 0.132. The zero-order valence-corrected chi connectivity index (χ0v) is 31.1. The van der Waals surface area contributed by atoms with E-state index in [2.05, 4.69) is 0 Å². The zero-order chi connectivity index (χ0) is 37.3. The molecule has 0 unspecified atom stereocenters. The molecular weight excluding hydrogens is 674 g/mol. The number of rotatable bonds is 7. The highest BCUT2D eigenvalue weighted by Gasteiger charge is 2.68. The van der Waals surface area contributed by atoms with Crippen molar-refractivity contribution in [2.45, 2.75) is 88.7 Å². The number of sulfone groups is 1. The number of ether oxygens (including phenoxy) is 4. The molecule has 3 aromatic carbocycles. The van der Waals surface area contributed by atoms with Gasteiger partial charge in [0.1, 0.15) is 22.7 Å². The Morgan fingerprint density at radius 1 is 0.941 bits per heavy atom. The highest BCUT2D eigenvalue weighted by Crippen LogP contribution is 2.67. The van der Waals surface area contributed by atoms with Gasteiger partial charge in [0, 0.05) is 29.5 Å². The lowest BCUT2D eigenvalue weighted by atomic mass is 9.91. The number of hydrogen-bond acceptors (Lipinski definition) is 10. The summed E-state index contributed by atoms with van der Waals surface area (Å²) in [6, 6.07) is 15.5. The maximum absolute atomic E-state index is 14.3. The number of amides is 2. The molecule has 1 fully saturated rings. The van der Waals surface area contributed by atoms with E-state index in [1.165, 1.54) is 16.8 Å². The first-order chi connectivity index (χ1) is 23.8. The molecule has 2 atom stereocenters. The van der Waals surface area contributed by atoms with Crippen molar-refractivity contribution in [2.24, 2.45) is 0 Å². The summed E-state index contributed by atoms with van der Waals surface area (Å²) in [7, 11) is -1.93. The SMILES string of the molecule is CCOc1cc(S(C)(=O)=O)ccc1Cc1nn(C(=O)OC(C)(C)C)c2cc([C@@H]3C[C@@]34C(=O)N(C(=O)OC(C)(C)C)c3ccc(OC)cc34)ccc12. The maximum atomic E-state index is 14.3. The molecule has 6 rings (SSSR count). The van der Waals surface area contributed by atoms with Crippen molar-refractivity contribution in [2.75, 3.05) is 24.9 Å². The molecule has 0 bridgehead atoms. The van der Waals surface area contributed by atoms with E-state index in [0.717, 1.165) is 16.7 Å². The summed E-state index contributed by atoms with van der Waals surface area (Å²) in [6.45, 7) is 12.7. The van der Waals surface area contributed by atoms with E-state index in [1.807, 2.05) is 25.1 Å². The van der Waals surface area contributed by atoms with Crippen LogP contribution in [0.1, 0.15) is 83.2 Å². The minimum Gasteiger partial charge on any atom is -0.497 e. The molecule has 1 aliphatic heterocycles. The highest BCUT2D eigenvalue weighted by atomic mass is 32.2. The van der Waals surface area contributed by atoms with E-state index in [9.17, 15) is 22.8 Å².